The summed E-state index contributed by atoms with van der Waals surface area (Å²) < 4.78 is 0. The van der Waals surface area contributed by atoms with Gasteiger partial charge in [-0.15, -0.1) is 0 Å². The van der Waals surface area contributed by atoms with Gasteiger partial charge in [0, 0.05) is 6.42 Å². The predicted molar refractivity (Wildman–Crippen MR) is 116 cm³/mol. The quantitative estimate of drug-likeness (QED) is 0.388. The molecule has 0 spiro atoms. The highest BCUT2D eigenvalue weighted by molar-refractivity contribution is 6.04. The Kier molecular flexibility index (Phi) is 9.54. The molecule has 0 aromatic heterocycles. The van der Waals surface area contributed by atoms with E-state index >= 15 is 0 Å². The van der Waals surface area contributed by atoms with E-state index in [-0.39, 0.29) is 24.5 Å². The Morgan fingerprint density at radius 2 is 1.63 bits per heavy atom. The largest absolute Gasteiger partial charge is 0.345 e. The van der Waals surface area contributed by atoms with Gasteiger partial charge in [0.15, 0.2) is 6.61 Å². The topological polar surface area (TPSA) is 96.5 Å². The summed E-state index contributed by atoms with van der Waals surface area (Å²) >= 11 is 0. The maximum Gasteiger partial charge on any atom is 0.253 e. The molecule has 2 aromatic carbocycles. The van der Waals surface area contributed by atoms with Crippen molar-refractivity contribution in [3.05, 3.63) is 65.7 Å². The van der Waals surface area contributed by atoms with E-state index in [0.29, 0.717) is 17.7 Å². The predicted octanol–water partition coefficient (Wildman–Crippen LogP) is 3.74. The van der Waals surface area contributed by atoms with Crippen molar-refractivity contribution in [3.63, 3.8) is 0 Å². The minimum absolute atomic E-state index is 0.186. The van der Waals surface area contributed by atoms with Crippen molar-refractivity contribution in [1.29, 1.82) is 0 Å². The van der Waals surface area contributed by atoms with Crippen LogP contribution in [0.1, 0.15) is 61.5 Å². The zero-order chi connectivity index (χ0) is 21.8. The first-order chi connectivity index (χ1) is 14.5. The fourth-order valence-corrected chi connectivity index (χ4v) is 2.84. The van der Waals surface area contributed by atoms with Crippen LogP contribution in [0.5, 0.6) is 0 Å². The lowest BCUT2D eigenvalue weighted by molar-refractivity contribution is -0.137. The van der Waals surface area contributed by atoms with Crippen LogP contribution in [0.2, 0.25) is 0 Å². The molecule has 0 aliphatic rings. The summed E-state index contributed by atoms with van der Waals surface area (Å²) in [5.41, 5.74) is 3.96. The summed E-state index contributed by atoms with van der Waals surface area (Å²) in [7, 11) is 0. The molecule has 0 radical (unpaired) electrons. The molecule has 7 heteroatoms. The molecule has 0 saturated heterocycles. The fourth-order valence-electron chi connectivity index (χ4n) is 2.84. The molecule has 160 valence electrons. The van der Waals surface area contributed by atoms with E-state index in [1.54, 1.807) is 24.3 Å². The fraction of sp³-hybridized carbons (Fsp3) is 0.348. The third-order valence-electron chi connectivity index (χ3n) is 4.49. The molecule has 0 aliphatic heterocycles. The Balaban J connectivity index is 1.87. The number of hydrogen-bond acceptors (Lipinski definition) is 4. The van der Waals surface area contributed by atoms with Gasteiger partial charge in [-0.2, -0.15) is 0 Å². The van der Waals surface area contributed by atoms with Crippen molar-refractivity contribution >= 4 is 23.4 Å². The number of amides is 3. The van der Waals surface area contributed by atoms with E-state index < -0.39 is 5.91 Å². The van der Waals surface area contributed by atoms with Crippen LogP contribution in [0, 0.1) is 0 Å². The number of hydrogen-bond donors (Lipinski definition) is 3. The third kappa shape index (κ3) is 7.67. The molecule has 3 N–H and O–H groups in total. The highest BCUT2D eigenvalue weighted by Crippen LogP contribution is 2.18. The summed E-state index contributed by atoms with van der Waals surface area (Å²) in [5, 5.41) is 5.58. The highest BCUT2D eigenvalue weighted by Gasteiger charge is 2.16. The number of hydroxylamine groups is 1. The zero-order valence-electron chi connectivity index (χ0n) is 17.4. The number of nitrogens with one attached hydrogen (secondary N) is 3. The molecule has 7 nitrogen and oxygen atoms in total. The summed E-state index contributed by atoms with van der Waals surface area (Å²) in [6, 6.07) is 16.2. The molecule has 3 amide bonds. The smallest absolute Gasteiger partial charge is 0.253 e. The molecule has 30 heavy (non-hydrogen) atoms. The zero-order valence-corrected chi connectivity index (χ0v) is 17.4. The number of benzene rings is 2. The first-order valence-corrected chi connectivity index (χ1v) is 10.2. The van der Waals surface area contributed by atoms with Crippen molar-refractivity contribution in [2.24, 2.45) is 0 Å². The normalized spacial score (nSPS) is 11.4. The maximum absolute atomic E-state index is 12.7. The number of anilines is 1. The van der Waals surface area contributed by atoms with Crippen LogP contribution in [0.25, 0.3) is 0 Å². The van der Waals surface area contributed by atoms with Gasteiger partial charge < -0.3 is 10.6 Å². The number of unbranched alkanes of at least 4 members (excludes halogenated alkanes) is 2. The Bertz CT molecular complexity index is 839. The molecule has 2 rings (SSSR count). The van der Waals surface area contributed by atoms with Gasteiger partial charge in [-0.1, -0.05) is 62.2 Å². The molecule has 0 fully saturated rings. The average molecular weight is 412 g/mol. The van der Waals surface area contributed by atoms with Gasteiger partial charge in [0.05, 0.1) is 17.3 Å². The lowest BCUT2D eigenvalue weighted by Gasteiger charge is -2.16. The molecule has 1 unspecified atom stereocenters. The minimum atomic E-state index is -0.472. The van der Waals surface area contributed by atoms with Gasteiger partial charge in [-0.25, -0.2) is 5.48 Å². The van der Waals surface area contributed by atoms with Crippen molar-refractivity contribution < 1.29 is 19.2 Å². The van der Waals surface area contributed by atoms with Gasteiger partial charge in [0.1, 0.15) is 0 Å². The summed E-state index contributed by atoms with van der Waals surface area (Å²) in [6.07, 6.45) is 3.13. The van der Waals surface area contributed by atoms with E-state index in [0.717, 1.165) is 24.8 Å². The molecule has 0 bridgehead atoms. The van der Waals surface area contributed by atoms with Crippen LogP contribution >= 0.6 is 0 Å². The van der Waals surface area contributed by atoms with E-state index in [2.05, 4.69) is 23.0 Å². The lowest BCUT2D eigenvalue weighted by Crippen LogP contribution is -2.30. The minimum Gasteiger partial charge on any atom is -0.345 e. The first kappa shape index (κ1) is 23.1. The summed E-state index contributed by atoms with van der Waals surface area (Å²) in [6.45, 7) is 3.60. The Morgan fingerprint density at radius 3 is 2.37 bits per heavy atom. The Hall–Kier alpha value is -3.19. The second kappa shape index (κ2) is 12.4. The number of carbonyl (C=O) groups excluding carboxylic acids is 3. The SMILES string of the molecule is CCCCCC(=O)NOCC(=O)Nc1ccccc1C(=O)NC(C)c1ccccc1. The summed E-state index contributed by atoms with van der Waals surface area (Å²) in [5.74, 6) is -1.03. The third-order valence-corrected chi connectivity index (χ3v) is 4.49. The number of para-hydroxylation sites is 1. The van der Waals surface area contributed by atoms with Crippen molar-refractivity contribution in [2.45, 2.75) is 45.6 Å². The second-order valence-corrected chi connectivity index (χ2v) is 6.97. The van der Waals surface area contributed by atoms with Crippen LogP contribution in [-0.4, -0.2) is 24.3 Å². The van der Waals surface area contributed by atoms with Gasteiger partial charge in [-0.3, -0.25) is 19.2 Å². The summed E-state index contributed by atoms with van der Waals surface area (Å²) in [4.78, 5) is 41.4. The van der Waals surface area contributed by atoms with E-state index in [1.165, 1.54) is 0 Å². The highest BCUT2D eigenvalue weighted by atomic mass is 16.7. The van der Waals surface area contributed by atoms with Gasteiger partial charge in [0.25, 0.3) is 11.8 Å². The molecule has 0 aliphatic carbocycles. The first-order valence-electron chi connectivity index (χ1n) is 10.2. The van der Waals surface area contributed by atoms with Gasteiger partial charge in [-0.05, 0) is 31.0 Å². The number of rotatable bonds is 11. The molecule has 2 aromatic rings. The van der Waals surface area contributed by atoms with Crippen molar-refractivity contribution in [3.8, 4) is 0 Å². The van der Waals surface area contributed by atoms with Crippen LogP contribution in [0.15, 0.2) is 54.6 Å². The molecular weight excluding hydrogens is 382 g/mol. The molecule has 0 saturated carbocycles. The Morgan fingerprint density at radius 1 is 0.933 bits per heavy atom. The lowest BCUT2D eigenvalue weighted by atomic mass is 10.1. The average Bonchev–Trinajstić information content (AvgIpc) is 2.75. The van der Waals surface area contributed by atoms with Gasteiger partial charge in [0.2, 0.25) is 5.91 Å². The Labute approximate surface area is 177 Å². The van der Waals surface area contributed by atoms with Crippen LogP contribution in [0.3, 0.4) is 0 Å². The van der Waals surface area contributed by atoms with E-state index in [1.807, 2.05) is 37.3 Å². The van der Waals surface area contributed by atoms with Crippen LogP contribution in [-0.2, 0) is 14.4 Å². The standard InChI is InChI=1S/C23H29N3O4/c1-3-4-6-15-21(27)26-30-16-22(28)25-20-14-10-9-13-19(20)23(29)24-17(2)18-11-7-5-8-12-18/h5,7-14,17H,3-4,6,15-16H2,1-2H3,(H,24,29)(H,25,28)(H,26,27). The monoisotopic (exact) mass is 411 g/mol. The number of carbonyl (C=O) groups is 3. The molecule has 0 heterocycles. The van der Waals surface area contributed by atoms with Crippen LogP contribution in [0.4, 0.5) is 5.69 Å². The molecule has 1 atom stereocenters. The second-order valence-electron chi connectivity index (χ2n) is 6.97. The maximum atomic E-state index is 12.7. The van der Waals surface area contributed by atoms with Crippen molar-refractivity contribution in [1.82, 2.24) is 10.8 Å². The van der Waals surface area contributed by atoms with E-state index in [4.69, 9.17) is 4.84 Å². The van der Waals surface area contributed by atoms with Gasteiger partial charge >= 0.3 is 0 Å². The van der Waals surface area contributed by atoms with Crippen molar-refractivity contribution in [2.75, 3.05) is 11.9 Å². The van der Waals surface area contributed by atoms with E-state index in [9.17, 15) is 14.4 Å². The van der Waals surface area contributed by atoms with Crippen LogP contribution < -0.4 is 16.1 Å². The molecular formula is C23H29N3O4.